The molecule has 5 rings (SSSR count). The Morgan fingerprint density at radius 3 is 2.45 bits per heavy atom. The molecule has 0 aliphatic carbocycles. The van der Waals surface area contributed by atoms with Crippen LogP contribution in [0.3, 0.4) is 0 Å². The third kappa shape index (κ3) is 3.74. The van der Waals surface area contributed by atoms with Crippen LogP contribution in [0.2, 0.25) is 0 Å². The van der Waals surface area contributed by atoms with Crippen LogP contribution >= 0.6 is 0 Å². The summed E-state index contributed by atoms with van der Waals surface area (Å²) in [5.74, 6) is 0.539. The van der Waals surface area contributed by atoms with E-state index < -0.39 is 4.92 Å². The fourth-order valence-corrected chi connectivity index (χ4v) is 3.60. The minimum absolute atomic E-state index is 0.0101. The Labute approximate surface area is 178 Å². The van der Waals surface area contributed by atoms with Crippen molar-refractivity contribution in [3.63, 3.8) is 0 Å². The van der Waals surface area contributed by atoms with Gasteiger partial charge in [0.2, 0.25) is 0 Å². The van der Waals surface area contributed by atoms with E-state index in [9.17, 15) is 10.1 Å². The normalized spacial score (nSPS) is 11.4. The molecule has 0 aliphatic rings. The van der Waals surface area contributed by atoms with Gasteiger partial charge < -0.3 is 10.3 Å². The topological polar surface area (TPSA) is 83.8 Å². The molecule has 0 amide bonds. The van der Waals surface area contributed by atoms with Crippen LogP contribution in [0.5, 0.6) is 0 Å². The summed E-state index contributed by atoms with van der Waals surface area (Å²) in [4.78, 5) is 18.8. The molecular weight excluding hydrogens is 388 g/mol. The predicted molar refractivity (Wildman–Crippen MR) is 125 cm³/mol. The SMILES string of the molecule is O=[N+]([O-])c1ccccc1Nc1ccc2c(n1)[nH]c1ccc(C=Cc3ccccc3)cc12. The Morgan fingerprint density at radius 1 is 0.839 bits per heavy atom. The van der Waals surface area contributed by atoms with Crippen LogP contribution in [0.25, 0.3) is 34.1 Å². The van der Waals surface area contributed by atoms with Crippen LogP contribution in [-0.4, -0.2) is 14.9 Å². The number of aromatic nitrogens is 2. The first-order valence-electron chi connectivity index (χ1n) is 9.83. The van der Waals surface area contributed by atoms with Crippen molar-refractivity contribution in [1.29, 1.82) is 0 Å². The molecule has 2 N–H and O–H groups in total. The lowest BCUT2D eigenvalue weighted by molar-refractivity contribution is -0.383. The van der Waals surface area contributed by atoms with Crippen LogP contribution in [0.4, 0.5) is 17.2 Å². The lowest BCUT2D eigenvalue weighted by atomic mass is 10.1. The second kappa shape index (κ2) is 7.76. The largest absolute Gasteiger partial charge is 0.339 e. The predicted octanol–water partition coefficient (Wildman–Crippen LogP) is 6.54. The molecule has 6 heteroatoms. The zero-order valence-corrected chi connectivity index (χ0v) is 16.4. The summed E-state index contributed by atoms with van der Waals surface area (Å²) < 4.78 is 0. The van der Waals surface area contributed by atoms with E-state index in [1.807, 2.05) is 36.4 Å². The molecule has 0 spiro atoms. The quantitative estimate of drug-likeness (QED) is 0.197. The summed E-state index contributed by atoms with van der Waals surface area (Å²) in [6.07, 6.45) is 4.18. The lowest BCUT2D eigenvalue weighted by Crippen LogP contribution is -1.98. The van der Waals surface area contributed by atoms with E-state index in [0.717, 1.165) is 33.1 Å². The number of nitro groups is 1. The first-order chi connectivity index (χ1) is 15.2. The number of anilines is 2. The van der Waals surface area contributed by atoms with Gasteiger partial charge in [-0.25, -0.2) is 4.98 Å². The van der Waals surface area contributed by atoms with Gasteiger partial charge in [0.1, 0.15) is 17.2 Å². The number of H-pyrrole nitrogens is 1. The second-order valence-corrected chi connectivity index (χ2v) is 7.17. The summed E-state index contributed by atoms with van der Waals surface area (Å²) in [6.45, 7) is 0. The van der Waals surface area contributed by atoms with Gasteiger partial charge in [-0.3, -0.25) is 10.1 Å². The molecule has 2 aromatic heterocycles. The van der Waals surface area contributed by atoms with E-state index in [4.69, 9.17) is 0 Å². The summed E-state index contributed by atoms with van der Waals surface area (Å²) in [5.41, 5.74) is 4.37. The van der Waals surface area contributed by atoms with Crippen LogP contribution < -0.4 is 5.32 Å². The number of nitro benzene ring substituents is 1. The maximum Gasteiger partial charge on any atom is 0.292 e. The molecule has 5 aromatic rings. The zero-order valence-electron chi connectivity index (χ0n) is 16.4. The number of benzene rings is 3. The first-order valence-corrected chi connectivity index (χ1v) is 9.83. The number of nitrogens with zero attached hydrogens (tertiary/aromatic N) is 2. The van der Waals surface area contributed by atoms with Gasteiger partial charge in [0.15, 0.2) is 0 Å². The van der Waals surface area contributed by atoms with Crippen molar-refractivity contribution >= 4 is 51.3 Å². The Hall–Kier alpha value is -4.45. The smallest absolute Gasteiger partial charge is 0.292 e. The van der Waals surface area contributed by atoms with Crippen LogP contribution in [0.1, 0.15) is 11.1 Å². The Bertz CT molecular complexity index is 1440. The summed E-state index contributed by atoms with van der Waals surface area (Å²) in [5, 5.41) is 16.4. The Balaban J connectivity index is 1.48. The third-order valence-corrected chi connectivity index (χ3v) is 5.11. The number of para-hydroxylation sites is 2. The molecule has 0 aliphatic heterocycles. The molecule has 150 valence electrons. The highest BCUT2D eigenvalue weighted by atomic mass is 16.6. The van der Waals surface area contributed by atoms with Crippen molar-refractivity contribution in [1.82, 2.24) is 9.97 Å². The summed E-state index contributed by atoms with van der Waals surface area (Å²) >= 11 is 0. The van der Waals surface area contributed by atoms with Gasteiger partial charge in [0.25, 0.3) is 5.69 Å². The van der Waals surface area contributed by atoms with E-state index in [-0.39, 0.29) is 5.69 Å². The van der Waals surface area contributed by atoms with E-state index >= 15 is 0 Å². The molecular formula is C25H18N4O2. The van der Waals surface area contributed by atoms with Gasteiger partial charge in [-0.05, 0) is 41.5 Å². The number of aromatic amines is 1. The number of nitrogens with one attached hydrogen (secondary N) is 2. The second-order valence-electron chi connectivity index (χ2n) is 7.17. The number of hydrogen-bond donors (Lipinski definition) is 2. The molecule has 0 unspecified atom stereocenters. The Morgan fingerprint density at radius 2 is 1.61 bits per heavy atom. The maximum atomic E-state index is 11.3. The van der Waals surface area contributed by atoms with Crippen molar-refractivity contribution in [2.45, 2.75) is 0 Å². The summed E-state index contributed by atoms with van der Waals surface area (Å²) in [7, 11) is 0. The number of pyridine rings is 1. The van der Waals surface area contributed by atoms with Gasteiger partial charge in [-0.15, -0.1) is 0 Å². The fraction of sp³-hybridized carbons (Fsp3) is 0. The molecule has 0 bridgehead atoms. The lowest BCUT2D eigenvalue weighted by Gasteiger charge is -2.06. The molecule has 6 nitrogen and oxygen atoms in total. The molecule has 0 atom stereocenters. The highest BCUT2D eigenvalue weighted by Gasteiger charge is 2.13. The van der Waals surface area contributed by atoms with Crippen LogP contribution in [0.15, 0.2) is 84.9 Å². The van der Waals surface area contributed by atoms with Crippen molar-refractivity contribution in [3.8, 4) is 0 Å². The monoisotopic (exact) mass is 406 g/mol. The molecule has 0 radical (unpaired) electrons. The van der Waals surface area contributed by atoms with E-state index in [1.54, 1.807) is 18.2 Å². The minimum Gasteiger partial charge on any atom is -0.339 e. The van der Waals surface area contributed by atoms with Crippen molar-refractivity contribution in [2.75, 3.05) is 5.32 Å². The molecule has 0 saturated heterocycles. The molecule has 0 fully saturated rings. The van der Waals surface area contributed by atoms with Gasteiger partial charge in [0, 0.05) is 22.4 Å². The number of rotatable bonds is 5. The highest BCUT2D eigenvalue weighted by Crippen LogP contribution is 2.30. The maximum absolute atomic E-state index is 11.3. The van der Waals surface area contributed by atoms with Gasteiger partial charge in [-0.2, -0.15) is 0 Å². The standard InChI is InChI=1S/C25H18N4O2/c30-29(31)23-9-5-4-8-22(23)26-24-15-13-19-20-16-18(11-10-17-6-2-1-3-7-17)12-14-21(20)27-25(19)28-24/h1-16H,(H2,26,27,28). The number of fused-ring (bicyclic) bond motifs is 3. The Kier molecular flexibility index (Phi) is 4.65. The van der Waals surface area contributed by atoms with Crippen LogP contribution in [0, 0.1) is 10.1 Å². The van der Waals surface area contributed by atoms with E-state index in [2.05, 4.69) is 51.7 Å². The van der Waals surface area contributed by atoms with Gasteiger partial charge >= 0.3 is 0 Å². The van der Waals surface area contributed by atoms with Crippen LogP contribution in [-0.2, 0) is 0 Å². The van der Waals surface area contributed by atoms with Gasteiger partial charge in [0.05, 0.1) is 4.92 Å². The number of hydrogen-bond acceptors (Lipinski definition) is 4. The van der Waals surface area contributed by atoms with E-state index in [0.29, 0.717) is 11.5 Å². The van der Waals surface area contributed by atoms with Crippen molar-refractivity contribution < 1.29 is 4.92 Å². The summed E-state index contributed by atoms with van der Waals surface area (Å²) in [6, 6.07) is 26.7. The molecule has 31 heavy (non-hydrogen) atoms. The minimum atomic E-state index is -0.408. The fourth-order valence-electron chi connectivity index (χ4n) is 3.60. The average molecular weight is 406 g/mol. The third-order valence-electron chi connectivity index (χ3n) is 5.11. The molecule has 2 heterocycles. The molecule has 0 saturated carbocycles. The average Bonchev–Trinajstić information content (AvgIpc) is 3.15. The van der Waals surface area contributed by atoms with Crippen molar-refractivity contribution in [2.24, 2.45) is 0 Å². The van der Waals surface area contributed by atoms with Crippen molar-refractivity contribution in [3.05, 3.63) is 106 Å². The van der Waals surface area contributed by atoms with Gasteiger partial charge in [-0.1, -0.05) is 60.7 Å². The first kappa shape index (κ1) is 18.6. The highest BCUT2D eigenvalue weighted by molar-refractivity contribution is 6.07. The zero-order chi connectivity index (χ0) is 21.2. The molecule has 3 aromatic carbocycles. The van der Waals surface area contributed by atoms with E-state index in [1.165, 1.54) is 6.07 Å².